The van der Waals surface area contributed by atoms with Gasteiger partial charge in [-0.1, -0.05) is 11.6 Å². The van der Waals surface area contributed by atoms with Crippen molar-refractivity contribution in [3.8, 4) is 0 Å². The van der Waals surface area contributed by atoms with Crippen molar-refractivity contribution in [3.05, 3.63) is 39.3 Å². The summed E-state index contributed by atoms with van der Waals surface area (Å²) in [7, 11) is 0. The molecule has 0 aliphatic rings. The van der Waals surface area contributed by atoms with Crippen LogP contribution in [0.15, 0.2) is 18.5 Å². The minimum absolute atomic E-state index is 0.105. The second-order valence-corrected chi connectivity index (χ2v) is 4.57. The van der Waals surface area contributed by atoms with Crippen molar-refractivity contribution < 1.29 is 9.72 Å². The Labute approximate surface area is 124 Å². The number of aryl methyl sites for hydroxylation is 1. The normalized spacial score (nSPS) is 10.6. The van der Waals surface area contributed by atoms with E-state index in [9.17, 15) is 14.9 Å². The number of hydrogen-bond donors (Lipinski definition) is 1. The maximum atomic E-state index is 11.8. The van der Waals surface area contributed by atoms with Gasteiger partial charge in [-0.15, -0.1) is 0 Å². The van der Waals surface area contributed by atoms with Crippen LogP contribution in [0, 0.1) is 10.1 Å². The second kappa shape index (κ2) is 6.35. The van der Waals surface area contributed by atoms with Gasteiger partial charge in [0, 0.05) is 6.54 Å². The Bertz CT molecular complexity index is 665. The van der Waals surface area contributed by atoms with E-state index in [4.69, 9.17) is 11.6 Å². The van der Waals surface area contributed by atoms with Crippen LogP contribution in [0.25, 0.3) is 0 Å². The van der Waals surface area contributed by atoms with Crippen LogP contribution in [0.3, 0.4) is 0 Å². The van der Waals surface area contributed by atoms with Crippen LogP contribution < -0.4 is 5.32 Å². The quantitative estimate of drug-likeness (QED) is 0.631. The largest absolute Gasteiger partial charge is 0.389 e. The van der Waals surface area contributed by atoms with Gasteiger partial charge < -0.3 is 15.4 Å². The predicted molar refractivity (Wildman–Crippen MR) is 73.6 cm³/mol. The first kappa shape index (κ1) is 15.0. The molecule has 112 valence electrons. The molecule has 0 aromatic carbocycles. The molecule has 2 heterocycles. The molecule has 2 rings (SSSR count). The Morgan fingerprint density at radius 2 is 2.33 bits per heavy atom. The summed E-state index contributed by atoms with van der Waals surface area (Å²) >= 11 is 5.98. The van der Waals surface area contributed by atoms with Crippen LogP contribution in [0.4, 0.5) is 5.82 Å². The highest BCUT2D eigenvalue weighted by atomic mass is 35.5. The van der Waals surface area contributed by atoms with E-state index in [-0.39, 0.29) is 24.8 Å². The molecule has 0 saturated carbocycles. The van der Waals surface area contributed by atoms with Gasteiger partial charge in [0.2, 0.25) is 5.91 Å². The number of rotatable bonds is 6. The fraction of sp³-hybridized carbons (Fsp3) is 0.364. The predicted octanol–water partition coefficient (Wildman–Crippen LogP) is 0.978. The topological polar surface area (TPSA) is 108 Å². The van der Waals surface area contributed by atoms with Gasteiger partial charge >= 0.3 is 5.82 Å². The molecule has 9 nitrogen and oxygen atoms in total. The van der Waals surface area contributed by atoms with Gasteiger partial charge in [0.25, 0.3) is 0 Å². The molecule has 21 heavy (non-hydrogen) atoms. The number of nitro groups is 1. The summed E-state index contributed by atoms with van der Waals surface area (Å²) < 4.78 is 2.88. The van der Waals surface area contributed by atoms with Gasteiger partial charge in [0.15, 0.2) is 0 Å². The lowest BCUT2D eigenvalue weighted by Crippen LogP contribution is -2.28. The van der Waals surface area contributed by atoms with E-state index in [1.165, 1.54) is 23.1 Å². The third-order valence-corrected chi connectivity index (χ3v) is 3.09. The third kappa shape index (κ3) is 3.57. The molecule has 2 aromatic rings. The molecular formula is C11H13ClN6O3. The highest BCUT2D eigenvalue weighted by Gasteiger charge is 2.14. The van der Waals surface area contributed by atoms with Crippen molar-refractivity contribution in [1.82, 2.24) is 24.9 Å². The van der Waals surface area contributed by atoms with Crippen LogP contribution in [0.1, 0.15) is 12.6 Å². The number of aromatic nitrogens is 4. The number of halogens is 1. The van der Waals surface area contributed by atoms with E-state index >= 15 is 0 Å². The monoisotopic (exact) mass is 312 g/mol. The molecule has 0 atom stereocenters. The molecule has 0 aliphatic carbocycles. The lowest BCUT2D eigenvalue weighted by molar-refractivity contribution is -0.389. The van der Waals surface area contributed by atoms with Crippen LogP contribution in [-0.4, -0.2) is 30.4 Å². The van der Waals surface area contributed by atoms with E-state index in [1.807, 2.05) is 6.92 Å². The summed E-state index contributed by atoms with van der Waals surface area (Å²) in [5.74, 6) is -0.622. The van der Waals surface area contributed by atoms with Crippen LogP contribution in [0.5, 0.6) is 0 Å². The number of carbonyl (C=O) groups is 1. The molecule has 0 radical (unpaired) electrons. The first-order valence-corrected chi connectivity index (χ1v) is 6.53. The Morgan fingerprint density at radius 3 is 2.95 bits per heavy atom. The van der Waals surface area contributed by atoms with Crippen molar-refractivity contribution in [2.24, 2.45) is 0 Å². The Kier molecular flexibility index (Phi) is 4.53. The average Bonchev–Trinajstić information content (AvgIpc) is 3.03. The van der Waals surface area contributed by atoms with Crippen LogP contribution >= 0.6 is 11.6 Å². The summed E-state index contributed by atoms with van der Waals surface area (Å²) in [5, 5.41) is 21.4. The highest BCUT2D eigenvalue weighted by Crippen LogP contribution is 2.14. The number of carbonyl (C=O) groups excluding carboxylic acids is 1. The Hall–Kier alpha value is -2.42. The van der Waals surface area contributed by atoms with Crippen LogP contribution in [-0.2, 0) is 24.4 Å². The first-order chi connectivity index (χ1) is 10.0. The van der Waals surface area contributed by atoms with Crippen molar-refractivity contribution in [2.75, 3.05) is 0 Å². The smallest absolute Gasteiger partial charge is 0.358 e. The zero-order chi connectivity index (χ0) is 15.4. The highest BCUT2D eigenvalue weighted by molar-refractivity contribution is 6.31. The summed E-state index contributed by atoms with van der Waals surface area (Å²) in [6, 6.07) is 1.23. The average molecular weight is 313 g/mol. The third-order valence-electron chi connectivity index (χ3n) is 2.77. The van der Waals surface area contributed by atoms with Gasteiger partial charge in [-0.25, -0.2) is 0 Å². The van der Waals surface area contributed by atoms with Crippen LogP contribution in [0.2, 0.25) is 5.02 Å². The van der Waals surface area contributed by atoms with Gasteiger partial charge in [0.05, 0.1) is 40.8 Å². The minimum Gasteiger partial charge on any atom is -0.358 e. The number of hydrogen-bond acceptors (Lipinski definition) is 5. The zero-order valence-corrected chi connectivity index (χ0v) is 11.9. The zero-order valence-electron chi connectivity index (χ0n) is 11.2. The molecule has 1 amide bonds. The van der Waals surface area contributed by atoms with E-state index in [0.29, 0.717) is 17.3 Å². The van der Waals surface area contributed by atoms with E-state index in [0.717, 1.165) is 0 Å². The molecule has 0 bridgehead atoms. The summed E-state index contributed by atoms with van der Waals surface area (Å²) in [5.41, 5.74) is 0.707. The van der Waals surface area contributed by atoms with E-state index in [1.54, 1.807) is 4.68 Å². The summed E-state index contributed by atoms with van der Waals surface area (Å²) in [6.07, 6.45) is 2.89. The van der Waals surface area contributed by atoms with E-state index < -0.39 is 4.92 Å². The molecule has 10 heteroatoms. The Morgan fingerprint density at radius 1 is 1.57 bits per heavy atom. The number of nitrogens with zero attached hydrogens (tertiary/aromatic N) is 5. The SMILES string of the molecule is CCn1ncc(Cl)c1CNC(=O)Cn1ccc([N+](=O)[O-])n1. The molecule has 0 aliphatic heterocycles. The second-order valence-electron chi connectivity index (χ2n) is 4.16. The molecule has 0 saturated heterocycles. The molecular weight excluding hydrogens is 300 g/mol. The maximum absolute atomic E-state index is 11.8. The first-order valence-electron chi connectivity index (χ1n) is 6.16. The van der Waals surface area contributed by atoms with Crippen molar-refractivity contribution >= 4 is 23.3 Å². The van der Waals surface area contributed by atoms with Gasteiger partial charge in [-0.3, -0.25) is 9.48 Å². The fourth-order valence-corrected chi connectivity index (χ4v) is 1.97. The number of nitrogens with one attached hydrogen (secondary N) is 1. The van der Waals surface area contributed by atoms with Gasteiger partial charge in [-0.05, 0) is 11.8 Å². The standard InChI is InChI=1S/C11H13ClN6O3/c1-2-17-9(8(12)5-14-17)6-13-11(19)7-16-4-3-10(15-16)18(20)21/h3-5H,2,6-7H2,1H3,(H,13,19). The lowest BCUT2D eigenvalue weighted by atomic mass is 10.4. The summed E-state index contributed by atoms with van der Waals surface area (Å²) in [4.78, 5) is 21.7. The minimum atomic E-state index is -0.617. The molecule has 0 spiro atoms. The van der Waals surface area contributed by atoms with E-state index in [2.05, 4.69) is 15.5 Å². The lowest BCUT2D eigenvalue weighted by Gasteiger charge is -2.07. The molecule has 0 unspecified atom stereocenters. The van der Waals surface area contributed by atoms with Crippen molar-refractivity contribution in [1.29, 1.82) is 0 Å². The van der Waals surface area contributed by atoms with Gasteiger partial charge in [0.1, 0.15) is 6.54 Å². The van der Waals surface area contributed by atoms with Crippen molar-refractivity contribution in [3.63, 3.8) is 0 Å². The number of amides is 1. The summed E-state index contributed by atoms with van der Waals surface area (Å²) in [6.45, 7) is 2.68. The van der Waals surface area contributed by atoms with Crippen molar-refractivity contribution in [2.45, 2.75) is 26.6 Å². The molecule has 0 fully saturated rings. The Balaban J connectivity index is 1.92. The molecule has 1 N–H and O–H groups in total. The molecule has 2 aromatic heterocycles. The van der Waals surface area contributed by atoms with Gasteiger partial charge in [-0.2, -0.15) is 9.78 Å². The fourth-order valence-electron chi connectivity index (χ4n) is 1.76. The maximum Gasteiger partial charge on any atom is 0.389 e.